The summed E-state index contributed by atoms with van der Waals surface area (Å²) in [5.74, 6) is -0.211. The smallest absolute Gasteiger partial charge is 0.124 e. The number of halogens is 2. The van der Waals surface area contributed by atoms with Gasteiger partial charge in [-0.3, -0.25) is 0 Å². The summed E-state index contributed by atoms with van der Waals surface area (Å²) in [5, 5.41) is 3.39. The zero-order valence-electron chi connectivity index (χ0n) is 9.63. The summed E-state index contributed by atoms with van der Waals surface area (Å²) < 4.78 is 13.7. The fourth-order valence-corrected chi connectivity index (χ4v) is 2.21. The summed E-state index contributed by atoms with van der Waals surface area (Å²) in [7, 11) is 0. The Kier molecular flexibility index (Phi) is 5.71. The van der Waals surface area contributed by atoms with Gasteiger partial charge in [0.2, 0.25) is 0 Å². The quantitative estimate of drug-likeness (QED) is 0.631. The predicted octanol–water partition coefficient (Wildman–Crippen LogP) is 4.21. The molecule has 1 aromatic carbocycles. The Morgan fingerprint density at radius 3 is 2.88 bits per heavy atom. The molecule has 1 aromatic rings. The molecule has 0 aliphatic rings. The van der Waals surface area contributed by atoms with Crippen molar-refractivity contribution < 1.29 is 4.39 Å². The lowest BCUT2D eigenvalue weighted by Crippen LogP contribution is -2.19. The molecule has 0 aliphatic carbocycles. The van der Waals surface area contributed by atoms with Crippen molar-refractivity contribution in [1.82, 2.24) is 5.32 Å². The van der Waals surface area contributed by atoms with E-state index in [1.54, 1.807) is 0 Å². The third-order valence-corrected chi connectivity index (χ3v) is 3.11. The van der Waals surface area contributed by atoms with Crippen LogP contribution in [0.2, 0.25) is 0 Å². The molecule has 0 aromatic heterocycles. The minimum absolute atomic E-state index is 0.211. The lowest BCUT2D eigenvalue weighted by atomic mass is 10.1. The summed E-state index contributed by atoms with van der Waals surface area (Å²) in [6.45, 7) is 5.02. The number of allylic oxidation sites excluding steroid dienone is 1. The van der Waals surface area contributed by atoms with Crippen LogP contribution >= 0.6 is 15.9 Å². The van der Waals surface area contributed by atoms with Crippen LogP contribution in [-0.4, -0.2) is 6.54 Å². The van der Waals surface area contributed by atoms with E-state index in [2.05, 4.69) is 34.2 Å². The molecular weight excluding hydrogens is 269 g/mol. The standard InChI is InChI=1S/C13H17BrFN/c1-3-4-5-8-16-10(2)12-7-6-11(15)9-13(12)14/h3-4,6-7,9-10,16H,5,8H2,1-2H3/b4-3+. The third-order valence-electron chi connectivity index (χ3n) is 2.43. The van der Waals surface area contributed by atoms with Crippen LogP contribution in [0.5, 0.6) is 0 Å². The van der Waals surface area contributed by atoms with Crippen molar-refractivity contribution in [3.05, 3.63) is 46.2 Å². The van der Waals surface area contributed by atoms with E-state index in [1.807, 2.05) is 19.1 Å². The van der Waals surface area contributed by atoms with Crippen LogP contribution in [0.3, 0.4) is 0 Å². The third kappa shape index (κ3) is 4.06. The highest BCUT2D eigenvalue weighted by Gasteiger charge is 2.08. The lowest BCUT2D eigenvalue weighted by Gasteiger charge is -2.15. The summed E-state index contributed by atoms with van der Waals surface area (Å²) in [4.78, 5) is 0. The van der Waals surface area contributed by atoms with E-state index in [1.165, 1.54) is 12.1 Å². The minimum atomic E-state index is -0.211. The Bertz CT molecular complexity index is 363. The molecule has 1 nitrogen and oxygen atoms in total. The van der Waals surface area contributed by atoms with Crippen LogP contribution in [-0.2, 0) is 0 Å². The zero-order valence-corrected chi connectivity index (χ0v) is 11.2. The van der Waals surface area contributed by atoms with E-state index >= 15 is 0 Å². The van der Waals surface area contributed by atoms with Gasteiger partial charge in [-0.25, -0.2) is 4.39 Å². The highest BCUT2D eigenvalue weighted by Crippen LogP contribution is 2.23. The maximum Gasteiger partial charge on any atom is 0.124 e. The first kappa shape index (κ1) is 13.4. The van der Waals surface area contributed by atoms with Gasteiger partial charge in [0, 0.05) is 10.5 Å². The second kappa shape index (κ2) is 6.81. The Morgan fingerprint density at radius 2 is 2.25 bits per heavy atom. The van der Waals surface area contributed by atoms with Crippen molar-refractivity contribution in [2.24, 2.45) is 0 Å². The van der Waals surface area contributed by atoms with Crippen molar-refractivity contribution in [3.63, 3.8) is 0 Å². The van der Waals surface area contributed by atoms with E-state index in [0.717, 1.165) is 23.0 Å². The average Bonchev–Trinajstić information content (AvgIpc) is 2.24. The molecule has 0 aliphatic heterocycles. The van der Waals surface area contributed by atoms with Crippen LogP contribution < -0.4 is 5.32 Å². The molecule has 1 N–H and O–H groups in total. The fourth-order valence-electron chi connectivity index (χ4n) is 1.51. The predicted molar refractivity (Wildman–Crippen MR) is 69.9 cm³/mol. The number of nitrogens with one attached hydrogen (secondary N) is 1. The van der Waals surface area contributed by atoms with Gasteiger partial charge in [0.25, 0.3) is 0 Å². The maximum atomic E-state index is 12.9. The van der Waals surface area contributed by atoms with E-state index in [4.69, 9.17) is 0 Å². The van der Waals surface area contributed by atoms with Crippen molar-refractivity contribution in [2.75, 3.05) is 6.54 Å². The van der Waals surface area contributed by atoms with Gasteiger partial charge in [-0.2, -0.15) is 0 Å². The van der Waals surface area contributed by atoms with Gasteiger partial charge in [0.1, 0.15) is 5.82 Å². The first-order valence-corrected chi connectivity index (χ1v) is 6.24. The molecule has 0 saturated carbocycles. The van der Waals surface area contributed by atoms with E-state index < -0.39 is 0 Å². The second-order valence-corrected chi connectivity index (χ2v) is 4.55. The van der Waals surface area contributed by atoms with Crippen molar-refractivity contribution in [1.29, 1.82) is 0 Å². The molecule has 1 unspecified atom stereocenters. The Balaban J connectivity index is 2.55. The van der Waals surface area contributed by atoms with Gasteiger partial charge in [0.05, 0.1) is 0 Å². The Labute approximate surface area is 105 Å². The SMILES string of the molecule is C/C=C/CCNC(C)c1ccc(F)cc1Br. The molecule has 0 amide bonds. The van der Waals surface area contributed by atoms with Crippen molar-refractivity contribution >= 4 is 15.9 Å². The Hall–Kier alpha value is -0.670. The number of rotatable bonds is 5. The van der Waals surface area contributed by atoms with E-state index in [9.17, 15) is 4.39 Å². The molecule has 0 fully saturated rings. The molecule has 0 bridgehead atoms. The Morgan fingerprint density at radius 1 is 1.50 bits per heavy atom. The van der Waals surface area contributed by atoms with Crippen molar-refractivity contribution in [2.45, 2.75) is 26.3 Å². The van der Waals surface area contributed by atoms with Gasteiger partial charge in [-0.05, 0) is 44.5 Å². The van der Waals surface area contributed by atoms with Gasteiger partial charge in [0.15, 0.2) is 0 Å². The van der Waals surface area contributed by atoms with Gasteiger partial charge < -0.3 is 5.32 Å². The van der Waals surface area contributed by atoms with E-state index in [-0.39, 0.29) is 11.9 Å². The van der Waals surface area contributed by atoms with Crippen LogP contribution in [0.4, 0.5) is 4.39 Å². The summed E-state index contributed by atoms with van der Waals surface area (Å²) >= 11 is 3.38. The molecule has 1 rings (SSSR count). The fraction of sp³-hybridized carbons (Fsp3) is 0.385. The average molecular weight is 286 g/mol. The largest absolute Gasteiger partial charge is 0.310 e. The summed E-state index contributed by atoms with van der Waals surface area (Å²) in [6.07, 6.45) is 5.18. The van der Waals surface area contributed by atoms with Crippen LogP contribution in [0.25, 0.3) is 0 Å². The summed E-state index contributed by atoms with van der Waals surface area (Å²) in [6, 6.07) is 5.02. The highest BCUT2D eigenvalue weighted by atomic mass is 79.9. The molecule has 0 radical (unpaired) electrons. The molecule has 0 saturated heterocycles. The van der Waals surface area contributed by atoms with Gasteiger partial charge in [-0.1, -0.05) is 34.1 Å². The zero-order chi connectivity index (χ0) is 12.0. The molecular formula is C13H17BrFN. The maximum absolute atomic E-state index is 12.9. The number of hydrogen-bond acceptors (Lipinski definition) is 1. The van der Waals surface area contributed by atoms with Gasteiger partial charge in [-0.15, -0.1) is 0 Å². The lowest BCUT2D eigenvalue weighted by molar-refractivity contribution is 0.574. The number of hydrogen-bond donors (Lipinski definition) is 1. The first-order chi connectivity index (χ1) is 7.65. The minimum Gasteiger partial charge on any atom is -0.310 e. The van der Waals surface area contributed by atoms with Crippen LogP contribution in [0.1, 0.15) is 31.9 Å². The summed E-state index contributed by atoms with van der Waals surface area (Å²) in [5.41, 5.74) is 1.09. The number of benzene rings is 1. The molecule has 3 heteroatoms. The molecule has 88 valence electrons. The van der Waals surface area contributed by atoms with Gasteiger partial charge >= 0.3 is 0 Å². The monoisotopic (exact) mass is 285 g/mol. The molecule has 0 spiro atoms. The first-order valence-electron chi connectivity index (χ1n) is 5.44. The second-order valence-electron chi connectivity index (χ2n) is 3.70. The topological polar surface area (TPSA) is 12.0 Å². The highest BCUT2D eigenvalue weighted by molar-refractivity contribution is 9.10. The normalized spacial score (nSPS) is 13.2. The molecule has 16 heavy (non-hydrogen) atoms. The van der Waals surface area contributed by atoms with Crippen LogP contribution in [0, 0.1) is 5.82 Å². The van der Waals surface area contributed by atoms with E-state index in [0.29, 0.717) is 0 Å². The molecule has 1 atom stereocenters. The van der Waals surface area contributed by atoms with Crippen LogP contribution in [0.15, 0.2) is 34.8 Å². The van der Waals surface area contributed by atoms with Crippen molar-refractivity contribution in [3.8, 4) is 0 Å². The molecule has 0 heterocycles.